The number of rotatable bonds is 1. The van der Waals surface area contributed by atoms with Gasteiger partial charge in [0, 0.05) is 0 Å². The minimum Gasteiger partial charge on any atom is -1.00 e. The fourth-order valence-corrected chi connectivity index (χ4v) is 1.19. The van der Waals surface area contributed by atoms with Crippen molar-refractivity contribution in [3.05, 3.63) is 29.8 Å². The summed E-state index contributed by atoms with van der Waals surface area (Å²) in [5, 5.41) is 0. The van der Waals surface area contributed by atoms with Gasteiger partial charge in [0.25, 0.3) is 10.1 Å². The molecule has 3 nitrogen and oxygen atoms in total. The molecule has 0 bridgehead atoms. The average Bonchev–Trinajstić information content (AvgIpc) is 1.86. The van der Waals surface area contributed by atoms with Crippen molar-refractivity contribution in [2.24, 2.45) is 0 Å². The fourth-order valence-electron chi connectivity index (χ4n) is 0.710. The molecule has 0 unspecified atom stereocenters. The monoisotopic (exact) mass is 322 g/mol. The number of halogens is 1. The second-order valence-electron chi connectivity index (χ2n) is 2.29. The molecule has 0 radical (unpaired) electrons. The first-order valence-corrected chi connectivity index (χ1v) is 4.48. The van der Waals surface area contributed by atoms with Gasteiger partial charge in [0.2, 0.25) is 0 Å². The standard InChI is InChI=1S/C7H8O3S.HI.Na/c1-6-2-4-7(5-3-6)11(8,9)10;;/h2-5H,1H3,(H,8,9,10);1H;/q;;+1/p-1. The number of hydrogen-bond donors (Lipinski definition) is 1. The van der Waals surface area contributed by atoms with E-state index in [0.29, 0.717) is 0 Å². The maximum absolute atomic E-state index is 10.5. The molecule has 1 N–H and O–H groups in total. The van der Waals surface area contributed by atoms with Crippen LogP contribution in [0.1, 0.15) is 5.56 Å². The van der Waals surface area contributed by atoms with E-state index in [2.05, 4.69) is 0 Å². The van der Waals surface area contributed by atoms with E-state index in [-0.39, 0.29) is 58.4 Å². The maximum atomic E-state index is 10.5. The Hall–Kier alpha value is 0.860. The third-order valence-electron chi connectivity index (χ3n) is 1.32. The molecular weight excluding hydrogens is 314 g/mol. The molecule has 0 aliphatic heterocycles. The van der Waals surface area contributed by atoms with E-state index >= 15 is 0 Å². The van der Waals surface area contributed by atoms with Gasteiger partial charge in [-0.2, -0.15) is 8.42 Å². The van der Waals surface area contributed by atoms with Gasteiger partial charge in [-0.1, -0.05) is 17.7 Å². The molecule has 68 valence electrons. The van der Waals surface area contributed by atoms with Crippen molar-refractivity contribution in [2.45, 2.75) is 11.8 Å². The van der Waals surface area contributed by atoms with Crippen molar-refractivity contribution in [1.29, 1.82) is 0 Å². The Morgan fingerprint density at radius 3 is 1.85 bits per heavy atom. The Kier molecular flexibility index (Phi) is 7.98. The first-order valence-electron chi connectivity index (χ1n) is 3.04. The molecule has 0 amide bonds. The molecule has 0 fully saturated rings. The van der Waals surface area contributed by atoms with Crippen LogP contribution in [0.2, 0.25) is 0 Å². The zero-order valence-electron chi connectivity index (χ0n) is 7.36. The minimum absolute atomic E-state index is 0. The minimum atomic E-state index is -4.02. The maximum Gasteiger partial charge on any atom is 1.00 e. The number of aryl methyl sites for hydroxylation is 1. The molecule has 0 aromatic heterocycles. The summed E-state index contributed by atoms with van der Waals surface area (Å²) in [7, 11) is -4.02. The normalized spacial score (nSPS) is 9.69. The Bertz CT molecular complexity index is 347. The van der Waals surface area contributed by atoms with Gasteiger partial charge in [-0.25, -0.2) is 0 Å². The quantitative estimate of drug-likeness (QED) is 0.321. The van der Waals surface area contributed by atoms with Crippen molar-refractivity contribution in [1.82, 2.24) is 0 Å². The Balaban J connectivity index is 0. The van der Waals surface area contributed by atoms with E-state index in [0.717, 1.165) is 5.56 Å². The van der Waals surface area contributed by atoms with E-state index in [4.69, 9.17) is 4.55 Å². The molecule has 0 atom stereocenters. The first-order chi connectivity index (χ1) is 5.00. The van der Waals surface area contributed by atoms with Crippen molar-refractivity contribution < 1.29 is 66.5 Å². The molecular formula is C7H8INaO3S. The van der Waals surface area contributed by atoms with Crippen LogP contribution >= 0.6 is 0 Å². The van der Waals surface area contributed by atoms with Gasteiger partial charge in [-0.05, 0) is 19.1 Å². The van der Waals surface area contributed by atoms with Crippen molar-refractivity contribution in [3.63, 3.8) is 0 Å². The Morgan fingerprint density at radius 2 is 1.54 bits per heavy atom. The molecule has 1 aromatic rings. The summed E-state index contributed by atoms with van der Waals surface area (Å²) in [5.41, 5.74) is 0.956. The van der Waals surface area contributed by atoms with Crippen LogP contribution < -0.4 is 53.5 Å². The van der Waals surface area contributed by atoms with Gasteiger partial charge in [0.1, 0.15) is 0 Å². The Morgan fingerprint density at radius 1 is 1.15 bits per heavy atom. The van der Waals surface area contributed by atoms with Crippen LogP contribution in [0.5, 0.6) is 0 Å². The van der Waals surface area contributed by atoms with Crippen LogP contribution in [0.15, 0.2) is 29.2 Å². The second-order valence-corrected chi connectivity index (χ2v) is 3.71. The fraction of sp³-hybridized carbons (Fsp3) is 0.143. The zero-order chi connectivity index (χ0) is 8.48. The topological polar surface area (TPSA) is 54.4 Å². The molecule has 13 heavy (non-hydrogen) atoms. The molecule has 0 heterocycles. The van der Waals surface area contributed by atoms with Crippen molar-refractivity contribution >= 4 is 10.1 Å². The number of benzene rings is 1. The van der Waals surface area contributed by atoms with Gasteiger partial charge >= 0.3 is 29.6 Å². The zero-order valence-corrected chi connectivity index (χ0v) is 12.3. The van der Waals surface area contributed by atoms with Gasteiger partial charge in [-0.15, -0.1) is 0 Å². The van der Waals surface area contributed by atoms with Gasteiger partial charge in [0.05, 0.1) is 4.90 Å². The van der Waals surface area contributed by atoms with Gasteiger partial charge in [0.15, 0.2) is 0 Å². The van der Waals surface area contributed by atoms with E-state index in [9.17, 15) is 8.42 Å². The third kappa shape index (κ3) is 5.34. The molecule has 0 spiro atoms. The molecule has 0 aliphatic rings. The van der Waals surface area contributed by atoms with E-state index < -0.39 is 10.1 Å². The summed E-state index contributed by atoms with van der Waals surface area (Å²) in [6.45, 7) is 1.84. The average molecular weight is 322 g/mol. The number of hydrogen-bond acceptors (Lipinski definition) is 2. The van der Waals surface area contributed by atoms with Crippen LogP contribution in [0.4, 0.5) is 0 Å². The van der Waals surface area contributed by atoms with Gasteiger partial charge < -0.3 is 24.0 Å². The molecule has 0 saturated heterocycles. The molecule has 1 rings (SSSR count). The Labute approximate surface area is 117 Å². The molecule has 6 heteroatoms. The van der Waals surface area contributed by atoms with Crippen LogP contribution in [0.25, 0.3) is 0 Å². The molecule has 0 saturated carbocycles. The second kappa shape index (κ2) is 6.36. The first kappa shape index (κ1) is 16.3. The van der Waals surface area contributed by atoms with Crippen molar-refractivity contribution in [2.75, 3.05) is 0 Å². The smallest absolute Gasteiger partial charge is 1.00 e. The van der Waals surface area contributed by atoms with E-state index in [1.807, 2.05) is 6.92 Å². The third-order valence-corrected chi connectivity index (χ3v) is 2.19. The van der Waals surface area contributed by atoms with Crippen LogP contribution in [0.3, 0.4) is 0 Å². The van der Waals surface area contributed by atoms with Crippen LogP contribution in [0, 0.1) is 6.92 Å². The predicted octanol–water partition coefficient (Wildman–Crippen LogP) is -4.75. The summed E-state index contributed by atoms with van der Waals surface area (Å²) in [5.74, 6) is 0. The predicted molar refractivity (Wildman–Crippen MR) is 41.0 cm³/mol. The van der Waals surface area contributed by atoms with E-state index in [1.165, 1.54) is 12.1 Å². The summed E-state index contributed by atoms with van der Waals surface area (Å²) in [4.78, 5) is -0.0666. The summed E-state index contributed by atoms with van der Waals surface area (Å²) in [6.07, 6.45) is 0. The summed E-state index contributed by atoms with van der Waals surface area (Å²) < 4.78 is 29.6. The molecule has 0 aliphatic carbocycles. The van der Waals surface area contributed by atoms with Crippen LogP contribution in [-0.4, -0.2) is 13.0 Å². The van der Waals surface area contributed by atoms with E-state index in [1.54, 1.807) is 12.1 Å². The SMILES string of the molecule is Cc1ccc(S(=O)(=O)O)cc1.[I-].[Na+]. The molecule has 1 aromatic carbocycles. The van der Waals surface area contributed by atoms with Crippen LogP contribution in [-0.2, 0) is 10.1 Å². The van der Waals surface area contributed by atoms with Crippen molar-refractivity contribution in [3.8, 4) is 0 Å². The summed E-state index contributed by atoms with van der Waals surface area (Å²) >= 11 is 0. The summed E-state index contributed by atoms with van der Waals surface area (Å²) in [6, 6.07) is 5.99. The van der Waals surface area contributed by atoms with Gasteiger partial charge in [-0.3, -0.25) is 4.55 Å². The largest absolute Gasteiger partial charge is 1.00 e.